The van der Waals surface area contributed by atoms with Gasteiger partial charge in [-0.05, 0) is 108 Å². The summed E-state index contributed by atoms with van der Waals surface area (Å²) in [6.07, 6.45) is 2.50. The van der Waals surface area contributed by atoms with Gasteiger partial charge in [-0.3, -0.25) is 0 Å². The molecule has 2 aromatic carbocycles. The summed E-state index contributed by atoms with van der Waals surface area (Å²) in [4.78, 5) is 24.2. The largest absolute Gasteiger partial charge is 0.507 e. The smallest absolute Gasteiger partial charge is 0.350 e. The Morgan fingerprint density at radius 1 is 0.732 bits per heavy atom. The highest BCUT2D eigenvalue weighted by Crippen LogP contribution is 2.44. The lowest BCUT2D eigenvalue weighted by atomic mass is 9.87. The second kappa shape index (κ2) is 11.8. The number of benzene rings is 2. The van der Waals surface area contributed by atoms with Crippen LogP contribution in [-0.2, 0) is 31.9 Å². The van der Waals surface area contributed by atoms with Crippen molar-refractivity contribution in [3.05, 3.63) is 44.5 Å². The van der Waals surface area contributed by atoms with Crippen molar-refractivity contribution < 1.29 is 38.7 Å². The lowest BCUT2D eigenvalue weighted by Crippen LogP contribution is -2.46. The van der Waals surface area contributed by atoms with E-state index in [2.05, 4.69) is 0 Å². The first-order valence-electron chi connectivity index (χ1n) is 14.3. The van der Waals surface area contributed by atoms with Crippen molar-refractivity contribution in [3.63, 3.8) is 0 Å². The van der Waals surface area contributed by atoms with Crippen molar-refractivity contribution in [2.45, 2.75) is 106 Å². The average molecular weight is 571 g/mol. The van der Waals surface area contributed by atoms with Crippen molar-refractivity contribution in [3.8, 4) is 23.0 Å². The second-order valence-electron chi connectivity index (χ2n) is 12.2. The zero-order valence-electron chi connectivity index (χ0n) is 26.5. The predicted octanol–water partition coefficient (Wildman–Crippen LogP) is 6.17. The Labute approximate surface area is 244 Å². The summed E-state index contributed by atoms with van der Waals surface area (Å²) in [5.41, 5.74) is 5.14. The highest BCUT2D eigenvalue weighted by molar-refractivity contribution is 5.81. The van der Waals surface area contributed by atoms with Crippen LogP contribution in [0.25, 0.3) is 0 Å². The van der Waals surface area contributed by atoms with Crippen molar-refractivity contribution in [1.82, 2.24) is 0 Å². The minimum Gasteiger partial charge on any atom is -0.507 e. The fraction of sp³-hybridized carbons (Fsp3) is 0.576. The normalized spacial score (nSPS) is 21.0. The molecule has 0 bridgehead atoms. The summed E-state index contributed by atoms with van der Waals surface area (Å²) in [5.74, 6) is 1.71. The van der Waals surface area contributed by atoms with Crippen LogP contribution in [0.3, 0.4) is 0 Å². The zero-order valence-corrected chi connectivity index (χ0v) is 26.5. The molecule has 0 aliphatic carbocycles. The zero-order chi connectivity index (χ0) is 31.0. The van der Waals surface area contributed by atoms with Crippen molar-refractivity contribution in [2.75, 3.05) is 13.7 Å². The van der Waals surface area contributed by atoms with Crippen molar-refractivity contribution in [1.29, 1.82) is 0 Å². The number of fused-ring (bicyclic) bond motifs is 2. The number of phenolic OH excluding ortho intramolecular Hbond substituents is 2. The number of aromatic hydroxyl groups is 2. The van der Waals surface area contributed by atoms with E-state index in [0.29, 0.717) is 55.5 Å². The lowest BCUT2D eigenvalue weighted by Gasteiger charge is -2.36. The molecule has 2 N–H and O–H groups in total. The van der Waals surface area contributed by atoms with Gasteiger partial charge in [0.15, 0.2) is 0 Å². The molecular formula is C33H46O8. The number of esters is 2. The molecule has 41 heavy (non-hydrogen) atoms. The third-order valence-corrected chi connectivity index (χ3v) is 8.64. The van der Waals surface area contributed by atoms with Gasteiger partial charge in [-0.2, -0.15) is 0 Å². The minimum absolute atomic E-state index is 0.298. The predicted molar refractivity (Wildman–Crippen MR) is 157 cm³/mol. The van der Waals surface area contributed by atoms with Crippen LogP contribution in [0, 0.1) is 47.5 Å². The molecule has 0 fully saturated rings. The third kappa shape index (κ3) is 5.97. The Bertz CT molecular complexity index is 1360. The number of phenols is 2. The molecule has 2 atom stereocenters. The van der Waals surface area contributed by atoms with Crippen molar-refractivity contribution in [2.24, 2.45) is 5.92 Å². The van der Waals surface area contributed by atoms with Gasteiger partial charge in [0, 0.05) is 24.0 Å². The minimum atomic E-state index is -0.956. The topological polar surface area (TPSA) is 112 Å². The van der Waals surface area contributed by atoms with E-state index >= 15 is 0 Å². The number of rotatable bonds is 4. The van der Waals surface area contributed by atoms with Gasteiger partial charge in [0.2, 0.25) is 11.2 Å². The Kier molecular flexibility index (Phi) is 9.26. The molecule has 2 heterocycles. The highest BCUT2D eigenvalue weighted by atomic mass is 16.6. The molecule has 0 radical (unpaired) electrons. The van der Waals surface area contributed by atoms with Crippen LogP contribution in [0.15, 0.2) is 0 Å². The number of hydrogen-bond acceptors (Lipinski definition) is 8. The summed E-state index contributed by atoms with van der Waals surface area (Å²) < 4.78 is 22.2. The van der Waals surface area contributed by atoms with Crippen LogP contribution in [-0.4, -0.2) is 47.1 Å². The molecule has 0 aromatic heterocycles. The van der Waals surface area contributed by atoms with Crippen LogP contribution in [0.1, 0.15) is 85.0 Å². The first-order chi connectivity index (χ1) is 19.0. The summed E-state index contributed by atoms with van der Waals surface area (Å²) >= 11 is 0. The fourth-order valence-corrected chi connectivity index (χ4v) is 5.39. The molecule has 2 aliphatic heterocycles. The Morgan fingerprint density at radius 3 is 1.49 bits per heavy atom. The first-order valence-corrected chi connectivity index (χ1v) is 14.3. The average Bonchev–Trinajstić information content (AvgIpc) is 2.95. The van der Waals surface area contributed by atoms with E-state index in [9.17, 15) is 19.8 Å². The van der Waals surface area contributed by atoms with Gasteiger partial charge in [0.05, 0.1) is 13.7 Å². The monoisotopic (exact) mass is 570 g/mol. The highest BCUT2D eigenvalue weighted by Gasteiger charge is 2.43. The van der Waals surface area contributed by atoms with Crippen LogP contribution in [0.5, 0.6) is 23.0 Å². The molecule has 2 aromatic rings. The van der Waals surface area contributed by atoms with Gasteiger partial charge in [-0.1, -0.05) is 13.8 Å². The maximum atomic E-state index is 12.4. The van der Waals surface area contributed by atoms with Gasteiger partial charge in [0.1, 0.15) is 23.0 Å². The molecule has 0 spiro atoms. The molecule has 0 saturated heterocycles. The summed E-state index contributed by atoms with van der Waals surface area (Å²) in [7, 11) is 1.37. The van der Waals surface area contributed by atoms with Crippen LogP contribution in [0.4, 0.5) is 0 Å². The van der Waals surface area contributed by atoms with Crippen molar-refractivity contribution >= 4 is 11.9 Å². The standard InChI is InChI=1S/C18H26O4.C15H20O4/c1-10(2)9-21-17(20)18(6)8-7-14-13(5)15(19)11(3)12(4)16(14)22-18;1-8-9(2)13-11(10(3)12(8)16)6-7-15(4,19-13)14(17)18-5/h10,19H,7-9H2,1-6H3;16H,6-7H2,1-5H3. The molecule has 8 nitrogen and oxygen atoms in total. The molecule has 2 unspecified atom stereocenters. The van der Waals surface area contributed by atoms with E-state index in [4.69, 9.17) is 18.9 Å². The van der Waals surface area contributed by atoms with E-state index in [0.717, 1.165) is 50.3 Å². The van der Waals surface area contributed by atoms with Gasteiger partial charge in [-0.25, -0.2) is 9.59 Å². The summed E-state index contributed by atoms with van der Waals surface area (Å²) in [6, 6.07) is 0. The molecular weight excluding hydrogens is 524 g/mol. The van der Waals surface area contributed by atoms with Crippen LogP contribution in [0.2, 0.25) is 0 Å². The van der Waals surface area contributed by atoms with Gasteiger partial charge < -0.3 is 29.2 Å². The fourth-order valence-electron chi connectivity index (χ4n) is 5.39. The molecule has 0 amide bonds. The number of carbonyl (C=O) groups excluding carboxylic acids is 2. The number of methoxy groups -OCH3 is 1. The molecule has 4 rings (SSSR count). The lowest BCUT2D eigenvalue weighted by molar-refractivity contribution is -0.163. The summed E-state index contributed by atoms with van der Waals surface area (Å²) in [6.45, 7) is 19.3. The third-order valence-electron chi connectivity index (χ3n) is 8.64. The maximum absolute atomic E-state index is 12.4. The van der Waals surface area contributed by atoms with Gasteiger partial charge in [-0.15, -0.1) is 0 Å². The molecule has 2 aliphatic rings. The van der Waals surface area contributed by atoms with E-state index in [1.165, 1.54) is 7.11 Å². The Hall–Kier alpha value is -3.42. The number of carbonyl (C=O) groups is 2. The SMILES string of the molecule is COC(=O)C1(C)CCc2c(C)c(O)c(C)c(C)c2O1.Cc1c(C)c2c(c(C)c1O)CCC(C)(C(=O)OCC(C)C)O2. The number of hydrogen-bond donors (Lipinski definition) is 2. The summed E-state index contributed by atoms with van der Waals surface area (Å²) in [5, 5.41) is 20.3. The van der Waals surface area contributed by atoms with E-state index in [1.54, 1.807) is 13.8 Å². The van der Waals surface area contributed by atoms with Crippen LogP contribution < -0.4 is 9.47 Å². The second-order valence-corrected chi connectivity index (χ2v) is 12.2. The quantitative estimate of drug-likeness (QED) is 0.420. The van der Waals surface area contributed by atoms with Gasteiger partial charge in [0.25, 0.3) is 0 Å². The number of ether oxygens (including phenoxy) is 4. The first kappa shape index (κ1) is 32.1. The molecule has 8 heteroatoms. The van der Waals surface area contributed by atoms with Gasteiger partial charge >= 0.3 is 11.9 Å². The van der Waals surface area contributed by atoms with E-state index in [-0.39, 0.29) is 11.9 Å². The molecule has 226 valence electrons. The van der Waals surface area contributed by atoms with E-state index in [1.807, 2.05) is 55.4 Å². The van der Waals surface area contributed by atoms with E-state index < -0.39 is 11.2 Å². The maximum Gasteiger partial charge on any atom is 0.350 e. The molecule has 0 saturated carbocycles. The van der Waals surface area contributed by atoms with Crippen LogP contribution >= 0.6 is 0 Å². The Morgan fingerprint density at radius 2 is 1.12 bits per heavy atom. The Balaban J connectivity index is 0.000000228.